The third kappa shape index (κ3) is 4.08. The summed E-state index contributed by atoms with van der Waals surface area (Å²) < 4.78 is 1.02. The Labute approximate surface area is 133 Å². The van der Waals surface area contributed by atoms with Crippen molar-refractivity contribution in [2.24, 2.45) is 5.73 Å². The molecule has 106 valence electrons. The minimum atomic E-state index is 0.0233. The van der Waals surface area contributed by atoms with Crippen molar-refractivity contribution in [2.75, 3.05) is 5.75 Å². The van der Waals surface area contributed by atoms with Crippen molar-refractivity contribution in [2.45, 2.75) is 30.8 Å². The van der Waals surface area contributed by atoms with Gasteiger partial charge in [0.1, 0.15) is 5.03 Å². The van der Waals surface area contributed by atoms with E-state index in [-0.39, 0.29) is 6.04 Å². The third-order valence-corrected chi connectivity index (χ3v) is 5.18. The molecule has 0 saturated heterocycles. The fraction of sp³-hybridized carbons (Fsp3) is 0.312. The Kier molecular flexibility index (Phi) is 5.64. The van der Waals surface area contributed by atoms with Gasteiger partial charge >= 0.3 is 0 Å². The second-order valence-corrected chi connectivity index (χ2v) is 6.89. The Morgan fingerprint density at radius 1 is 1.15 bits per heavy atom. The Hall–Kier alpha value is -0.840. The number of pyridine rings is 1. The molecule has 0 aliphatic carbocycles. The van der Waals surface area contributed by atoms with Crippen LogP contribution < -0.4 is 5.73 Å². The number of thioether (sulfide) groups is 1. The molecule has 0 saturated carbocycles. The molecule has 2 rings (SSSR count). The predicted molar refractivity (Wildman–Crippen MR) is 90.1 cm³/mol. The van der Waals surface area contributed by atoms with E-state index in [9.17, 15) is 0 Å². The molecule has 4 heteroatoms. The molecule has 2 N–H and O–H groups in total. The molecular formula is C16H19BrN2S. The smallest absolute Gasteiger partial charge is 0.110 e. The summed E-state index contributed by atoms with van der Waals surface area (Å²) in [5, 5.41) is 0.988. The molecule has 0 spiro atoms. The molecular weight excluding hydrogens is 332 g/mol. The molecule has 1 heterocycles. The minimum Gasteiger partial charge on any atom is -0.323 e. The summed E-state index contributed by atoms with van der Waals surface area (Å²) in [6.07, 6.45) is 1.80. The second-order valence-electron chi connectivity index (χ2n) is 5.03. The maximum Gasteiger partial charge on any atom is 0.110 e. The lowest BCUT2D eigenvalue weighted by Gasteiger charge is -2.13. The van der Waals surface area contributed by atoms with Crippen molar-refractivity contribution < 1.29 is 0 Å². The number of rotatable bonds is 5. The van der Waals surface area contributed by atoms with Crippen LogP contribution in [0.5, 0.6) is 0 Å². The first-order valence-corrected chi connectivity index (χ1v) is 8.44. The van der Waals surface area contributed by atoms with Gasteiger partial charge in [-0.05, 0) is 45.1 Å². The van der Waals surface area contributed by atoms with E-state index in [0.29, 0.717) is 5.92 Å². The lowest BCUT2D eigenvalue weighted by Crippen LogP contribution is -2.13. The zero-order chi connectivity index (χ0) is 14.5. The van der Waals surface area contributed by atoms with Crippen LogP contribution in [0, 0.1) is 0 Å². The van der Waals surface area contributed by atoms with Gasteiger partial charge in [0.25, 0.3) is 0 Å². The van der Waals surface area contributed by atoms with Gasteiger partial charge in [-0.3, -0.25) is 0 Å². The lowest BCUT2D eigenvalue weighted by molar-refractivity contribution is 0.820. The van der Waals surface area contributed by atoms with Crippen LogP contribution in [0.25, 0.3) is 0 Å². The topological polar surface area (TPSA) is 38.9 Å². The van der Waals surface area contributed by atoms with E-state index in [2.05, 4.69) is 59.0 Å². The number of benzene rings is 1. The number of nitrogens with two attached hydrogens (primary N) is 1. The number of hydrogen-bond donors (Lipinski definition) is 1. The van der Waals surface area contributed by atoms with Gasteiger partial charge in [-0.2, -0.15) is 0 Å². The number of hydrogen-bond acceptors (Lipinski definition) is 3. The van der Waals surface area contributed by atoms with Crippen molar-refractivity contribution in [1.82, 2.24) is 4.98 Å². The standard InChI is InChI=1S/C16H19BrN2S/c1-11(2)12-5-7-13(8-6-12)15(18)10-20-16-14(17)4-3-9-19-16/h3-9,11,15H,10,18H2,1-2H3. The van der Waals surface area contributed by atoms with Crippen LogP contribution in [0.4, 0.5) is 0 Å². The highest BCUT2D eigenvalue weighted by molar-refractivity contribution is 9.10. The van der Waals surface area contributed by atoms with E-state index >= 15 is 0 Å². The van der Waals surface area contributed by atoms with E-state index in [1.807, 2.05) is 12.1 Å². The van der Waals surface area contributed by atoms with Gasteiger partial charge in [0.05, 0.1) is 0 Å². The van der Waals surface area contributed by atoms with Gasteiger partial charge in [-0.15, -0.1) is 11.8 Å². The monoisotopic (exact) mass is 350 g/mol. The van der Waals surface area contributed by atoms with Crippen molar-refractivity contribution in [3.63, 3.8) is 0 Å². The Balaban J connectivity index is 1.98. The highest BCUT2D eigenvalue weighted by atomic mass is 79.9. The van der Waals surface area contributed by atoms with Crippen LogP contribution in [0.1, 0.15) is 36.9 Å². The fourth-order valence-electron chi connectivity index (χ4n) is 1.87. The second kappa shape index (κ2) is 7.25. The molecule has 0 bridgehead atoms. The summed E-state index contributed by atoms with van der Waals surface area (Å²) in [7, 11) is 0. The summed E-state index contributed by atoms with van der Waals surface area (Å²) in [4.78, 5) is 4.34. The highest BCUT2D eigenvalue weighted by Gasteiger charge is 2.09. The molecule has 2 aromatic rings. The largest absolute Gasteiger partial charge is 0.323 e. The van der Waals surface area contributed by atoms with Crippen molar-refractivity contribution in [3.8, 4) is 0 Å². The summed E-state index contributed by atoms with van der Waals surface area (Å²) in [5.41, 5.74) is 8.78. The fourth-order valence-corrected chi connectivity index (χ4v) is 3.34. The van der Waals surface area contributed by atoms with E-state index in [1.54, 1.807) is 18.0 Å². The molecule has 1 unspecified atom stereocenters. The van der Waals surface area contributed by atoms with Gasteiger partial charge in [0.2, 0.25) is 0 Å². The van der Waals surface area contributed by atoms with Crippen LogP contribution in [0.15, 0.2) is 52.1 Å². The third-order valence-electron chi connectivity index (χ3n) is 3.16. The van der Waals surface area contributed by atoms with Gasteiger partial charge in [0, 0.05) is 22.5 Å². The Morgan fingerprint density at radius 3 is 2.40 bits per heavy atom. The summed E-state index contributed by atoms with van der Waals surface area (Å²) >= 11 is 5.18. The maximum atomic E-state index is 6.26. The average molecular weight is 351 g/mol. The van der Waals surface area contributed by atoms with Gasteiger partial charge in [-0.25, -0.2) is 4.98 Å². The van der Waals surface area contributed by atoms with Crippen LogP contribution in [-0.4, -0.2) is 10.7 Å². The molecule has 0 radical (unpaired) electrons. The number of nitrogens with zero attached hydrogens (tertiary/aromatic N) is 1. The number of halogens is 1. The van der Waals surface area contributed by atoms with Gasteiger partial charge in [-0.1, -0.05) is 38.1 Å². The molecule has 2 nitrogen and oxygen atoms in total. The first-order chi connectivity index (χ1) is 9.58. The van der Waals surface area contributed by atoms with Gasteiger partial charge in [0.15, 0.2) is 0 Å². The molecule has 0 aliphatic heterocycles. The SMILES string of the molecule is CC(C)c1ccc(C(N)CSc2ncccc2Br)cc1. The van der Waals surface area contributed by atoms with E-state index < -0.39 is 0 Å². The van der Waals surface area contributed by atoms with Crippen LogP contribution in [0.3, 0.4) is 0 Å². The quantitative estimate of drug-likeness (QED) is 0.790. The van der Waals surface area contributed by atoms with E-state index in [4.69, 9.17) is 5.73 Å². The average Bonchev–Trinajstić information content (AvgIpc) is 2.46. The van der Waals surface area contributed by atoms with Gasteiger partial charge < -0.3 is 5.73 Å². The van der Waals surface area contributed by atoms with E-state index in [0.717, 1.165) is 15.3 Å². The maximum absolute atomic E-state index is 6.26. The first-order valence-electron chi connectivity index (χ1n) is 6.66. The molecule has 0 amide bonds. The zero-order valence-corrected chi connectivity index (χ0v) is 14.1. The molecule has 1 aromatic heterocycles. The normalized spacial score (nSPS) is 12.7. The lowest BCUT2D eigenvalue weighted by atomic mass is 10.00. The Bertz CT molecular complexity index is 555. The minimum absolute atomic E-state index is 0.0233. The molecule has 0 aliphatic rings. The first kappa shape index (κ1) is 15.5. The van der Waals surface area contributed by atoms with Crippen LogP contribution in [0.2, 0.25) is 0 Å². The summed E-state index contributed by atoms with van der Waals surface area (Å²) in [6, 6.07) is 12.5. The zero-order valence-electron chi connectivity index (χ0n) is 11.7. The molecule has 20 heavy (non-hydrogen) atoms. The summed E-state index contributed by atoms with van der Waals surface area (Å²) in [5.74, 6) is 1.37. The van der Waals surface area contributed by atoms with Crippen molar-refractivity contribution in [3.05, 3.63) is 58.2 Å². The number of aromatic nitrogens is 1. The molecule has 0 fully saturated rings. The summed E-state index contributed by atoms with van der Waals surface area (Å²) in [6.45, 7) is 4.40. The molecule has 1 aromatic carbocycles. The predicted octanol–water partition coefficient (Wildman–Crippen LogP) is 4.76. The van der Waals surface area contributed by atoms with E-state index in [1.165, 1.54) is 11.1 Å². The highest BCUT2D eigenvalue weighted by Crippen LogP contribution is 2.28. The Morgan fingerprint density at radius 2 is 1.80 bits per heavy atom. The van der Waals surface area contributed by atoms with Crippen molar-refractivity contribution in [1.29, 1.82) is 0 Å². The van der Waals surface area contributed by atoms with Crippen LogP contribution in [-0.2, 0) is 0 Å². The van der Waals surface area contributed by atoms with Crippen LogP contribution >= 0.6 is 27.7 Å². The molecule has 1 atom stereocenters. The van der Waals surface area contributed by atoms with Crippen molar-refractivity contribution >= 4 is 27.7 Å².